The maximum Gasteiger partial charge on any atom is 0.231 e. The number of benzene rings is 1. The molecule has 1 fully saturated rings. The normalized spacial score (nSPS) is 20.9. The van der Waals surface area contributed by atoms with Gasteiger partial charge in [-0.3, -0.25) is 0 Å². The molecule has 1 atom stereocenters. The molecule has 2 aliphatic rings. The maximum atomic E-state index is 5.43. The average Bonchev–Trinajstić information content (AvgIpc) is 3.18. The van der Waals surface area contributed by atoms with Crippen molar-refractivity contribution in [2.24, 2.45) is 0 Å². The molecule has 1 N–H and O–H groups in total. The minimum absolute atomic E-state index is 0.305. The topological polar surface area (TPSA) is 48.3 Å². The Balaban J connectivity index is 1.74. The molecule has 1 saturated heterocycles. The first kappa shape index (κ1) is 10.9. The van der Waals surface area contributed by atoms with E-state index in [0.29, 0.717) is 12.8 Å². The van der Waals surface area contributed by atoms with Crippen LogP contribution in [0.15, 0.2) is 30.7 Å². The Morgan fingerprint density at radius 2 is 2.21 bits per heavy atom. The summed E-state index contributed by atoms with van der Waals surface area (Å²) in [7, 11) is 0. The first-order valence-corrected chi connectivity index (χ1v) is 6.57. The fourth-order valence-electron chi connectivity index (χ4n) is 2.75. The molecule has 2 aromatic rings. The first-order chi connectivity index (χ1) is 9.42. The summed E-state index contributed by atoms with van der Waals surface area (Å²) in [5.41, 5.74) is 2.27. The summed E-state index contributed by atoms with van der Waals surface area (Å²) in [6, 6.07) is 6.38. The van der Waals surface area contributed by atoms with Crippen LogP contribution in [0.25, 0.3) is 5.69 Å². The smallest absolute Gasteiger partial charge is 0.231 e. The van der Waals surface area contributed by atoms with Crippen LogP contribution < -0.4 is 14.8 Å². The fraction of sp³-hybridized carbons (Fsp3) is 0.357. The van der Waals surface area contributed by atoms with Gasteiger partial charge in [-0.15, -0.1) is 0 Å². The van der Waals surface area contributed by atoms with E-state index in [0.717, 1.165) is 30.2 Å². The third kappa shape index (κ3) is 1.77. The molecule has 0 aliphatic carbocycles. The number of aromatic nitrogens is 2. The number of rotatable bonds is 2. The summed E-state index contributed by atoms with van der Waals surface area (Å²) in [4.78, 5) is 4.29. The predicted molar refractivity (Wildman–Crippen MR) is 69.7 cm³/mol. The molecule has 0 radical (unpaired) electrons. The highest BCUT2D eigenvalue weighted by atomic mass is 16.7. The number of ether oxygens (including phenoxy) is 2. The molecule has 4 rings (SSSR count). The van der Waals surface area contributed by atoms with Gasteiger partial charge in [0.15, 0.2) is 11.5 Å². The molecule has 0 spiro atoms. The standard InChI is InChI=1S/C14H15N3O2/c1-2-11(16-5-1)12-7-15-8-17(12)10-3-4-13-14(6-10)19-9-18-13/h3-4,6-8,11,16H,1-2,5,9H2. The number of nitrogens with zero attached hydrogens (tertiary/aromatic N) is 2. The second-order valence-electron chi connectivity index (χ2n) is 4.88. The van der Waals surface area contributed by atoms with Gasteiger partial charge in [-0.1, -0.05) is 0 Å². The zero-order chi connectivity index (χ0) is 12.7. The van der Waals surface area contributed by atoms with E-state index in [4.69, 9.17) is 9.47 Å². The van der Waals surface area contributed by atoms with Crippen molar-refractivity contribution >= 4 is 0 Å². The van der Waals surface area contributed by atoms with Gasteiger partial charge in [0, 0.05) is 12.1 Å². The summed E-state index contributed by atoms with van der Waals surface area (Å²) in [6.07, 6.45) is 6.17. The Kier molecular flexibility index (Phi) is 2.45. The van der Waals surface area contributed by atoms with Crippen molar-refractivity contribution in [2.75, 3.05) is 13.3 Å². The van der Waals surface area contributed by atoms with Crippen molar-refractivity contribution in [2.45, 2.75) is 18.9 Å². The van der Waals surface area contributed by atoms with Crippen LogP contribution in [0.1, 0.15) is 24.6 Å². The zero-order valence-electron chi connectivity index (χ0n) is 10.5. The number of fused-ring (bicyclic) bond motifs is 1. The highest BCUT2D eigenvalue weighted by Gasteiger charge is 2.21. The second-order valence-corrected chi connectivity index (χ2v) is 4.88. The summed E-state index contributed by atoms with van der Waals surface area (Å²) >= 11 is 0. The van der Waals surface area contributed by atoms with Gasteiger partial charge < -0.3 is 19.4 Å². The van der Waals surface area contributed by atoms with Gasteiger partial charge in [0.2, 0.25) is 6.79 Å². The van der Waals surface area contributed by atoms with Crippen LogP contribution in [0.5, 0.6) is 11.5 Å². The number of nitrogens with one attached hydrogen (secondary N) is 1. The molecule has 0 bridgehead atoms. The largest absolute Gasteiger partial charge is 0.454 e. The SMILES string of the molecule is c1cc2c(cc1-n1cncc1C1CCCN1)OCO2. The highest BCUT2D eigenvalue weighted by Crippen LogP contribution is 2.34. The molecule has 0 amide bonds. The number of hydrogen-bond donors (Lipinski definition) is 1. The Morgan fingerprint density at radius 1 is 1.26 bits per heavy atom. The Hall–Kier alpha value is -2.01. The maximum absolute atomic E-state index is 5.43. The lowest BCUT2D eigenvalue weighted by molar-refractivity contribution is 0.174. The van der Waals surface area contributed by atoms with Crippen LogP contribution in [-0.2, 0) is 0 Å². The molecule has 0 saturated carbocycles. The average molecular weight is 257 g/mol. The molecule has 1 aromatic carbocycles. The molecule has 3 heterocycles. The van der Waals surface area contributed by atoms with E-state index in [-0.39, 0.29) is 0 Å². The molecular formula is C14H15N3O2. The van der Waals surface area contributed by atoms with E-state index in [1.807, 2.05) is 30.7 Å². The number of imidazole rings is 1. The Labute approximate surface area is 111 Å². The zero-order valence-corrected chi connectivity index (χ0v) is 10.5. The second kappa shape index (κ2) is 4.28. The summed E-state index contributed by atoms with van der Waals surface area (Å²) in [5.74, 6) is 1.61. The molecule has 5 heteroatoms. The van der Waals surface area contributed by atoms with Crippen LogP contribution in [-0.4, -0.2) is 22.9 Å². The monoisotopic (exact) mass is 257 g/mol. The molecular weight excluding hydrogens is 242 g/mol. The van der Waals surface area contributed by atoms with Gasteiger partial charge in [-0.2, -0.15) is 0 Å². The Morgan fingerprint density at radius 3 is 3.11 bits per heavy atom. The lowest BCUT2D eigenvalue weighted by Crippen LogP contribution is -2.16. The van der Waals surface area contributed by atoms with Gasteiger partial charge in [-0.25, -0.2) is 4.98 Å². The van der Waals surface area contributed by atoms with Crippen LogP contribution in [0.3, 0.4) is 0 Å². The van der Waals surface area contributed by atoms with Crippen molar-refractivity contribution < 1.29 is 9.47 Å². The van der Waals surface area contributed by atoms with E-state index in [1.165, 1.54) is 12.1 Å². The fourth-order valence-corrected chi connectivity index (χ4v) is 2.75. The third-order valence-corrected chi connectivity index (χ3v) is 3.72. The predicted octanol–water partition coefficient (Wildman–Crippen LogP) is 2.03. The quantitative estimate of drug-likeness (QED) is 0.894. The summed E-state index contributed by atoms with van der Waals surface area (Å²) in [5, 5.41) is 3.50. The van der Waals surface area contributed by atoms with Gasteiger partial charge in [0.1, 0.15) is 0 Å². The minimum atomic E-state index is 0.305. The van der Waals surface area contributed by atoms with E-state index >= 15 is 0 Å². The Bertz CT molecular complexity index is 602. The lowest BCUT2D eigenvalue weighted by Gasteiger charge is -2.14. The van der Waals surface area contributed by atoms with Crippen molar-refractivity contribution in [3.8, 4) is 17.2 Å². The van der Waals surface area contributed by atoms with Crippen LogP contribution in [0.2, 0.25) is 0 Å². The van der Waals surface area contributed by atoms with Gasteiger partial charge in [-0.05, 0) is 31.5 Å². The van der Waals surface area contributed by atoms with E-state index in [1.54, 1.807) is 0 Å². The lowest BCUT2D eigenvalue weighted by atomic mass is 10.1. The van der Waals surface area contributed by atoms with Gasteiger partial charge >= 0.3 is 0 Å². The van der Waals surface area contributed by atoms with Crippen LogP contribution >= 0.6 is 0 Å². The van der Waals surface area contributed by atoms with Gasteiger partial charge in [0.05, 0.1) is 23.9 Å². The van der Waals surface area contributed by atoms with Crippen LogP contribution in [0.4, 0.5) is 0 Å². The van der Waals surface area contributed by atoms with E-state index < -0.39 is 0 Å². The molecule has 98 valence electrons. The molecule has 2 aliphatic heterocycles. The highest BCUT2D eigenvalue weighted by molar-refractivity contribution is 5.50. The minimum Gasteiger partial charge on any atom is -0.454 e. The summed E-state index contributed by atoms with van der Waals surface area (Å²) < 4.78 is 12.9. The first-order valence-electron chi connectivity index (χ1n) is 6.57. The molecule has 19 heavy (non-hydrogen) atoms. The molecule has 1 unspecified atom stereocenters. The van der Waals surface area contributed by atoms with Crippen molar-refractivity contribution in [1.82, 2.24) is 14.9 Å². The molecule has 1 aromatic heterocycles. The van der Waals surface area contributed by atoms with E-state index in [9.17, 15) is 0 Å². The third-order valence-electron chi connectivity index (χ3n) is 3.72. The van der Waals surface area contributed by atoms with Crippen molar-refractivity contribution in [3.63, 3.8) is 0 Å². The van der Waals surface area contributed by atoms with Crippen molar-refractivity contribution in [3.05, 3.63) is 36.4 Å². The van der Waals surface area contributed by atoms with E-state index in [2.05, 4.69) is 14.9 Å². The van der Waals surface area contributed by atoms with Crippen LogP contribution in [0, 0.1) is 0 Å². The summed E-state index contributed by atoms with van der Waals surface area (Å²) in [6.45, 7) is 1.39. The molecule has 5 nitrogen and oxygen atoms in total. The van der Waals surface area contributed by atoms with Crippen molar-refractivity contribution in [1.29, 1.82) is 0 Å². The van der Waals surface area contributed by atoms with Gasteiger partial charge in [0.25, 0.3) is 0 Å². The number of hydrogen-bond acceptors (Lipinski definition) is 4.